The van der Waals surface area contributed by atoms with E-state index < -0.39 is 0 Å². The second-order valence-corrected chi connectivity index (χ2v) is 4.94. The van der Waals surface area contributed by atoms with Gasteiger partial charge in [0, 0.05) is 12.8 Å². The number of hydrogen-bond acceptors (Lipinski definition) is 2. The maximum atomic E-state index is 11.5. The molecule has 0 bridgehead atoms. The molecule has 1 atom stereocenters. The second-order valence-electron chi connectivity index (χ2n) is 4.94. The van der Waals surface area contributed by atoms with E-state index in [1.807, 2.05) is 0 Å². The lowest BCUT2D eigenvalue weighted by atomic mass is 10.0. The van der Waals surface area contributed by atoms with E-state index in [9.17, 15) is 4.79 Å². The largest absolute Gasteiger partial charge is 0.330 e. The van der Waals surface area contributed by atoms with Crippen LogP contribution in [-0.2, 0) is 4.79 Å². The molecule has 0 rings (SSSR count). The van der Waals surface area contributed by atoms with Crippen LogP contribution in [0.5, 0.6) is 0 Å². The molecule has 1 unspecified atom stereocenters. The van der Waals surface area contributed by atoms with Gasteiger partial charge in [0.05, 0.1) is 0 Å². The second kappa shape index (κ2) is 11.1. The van der Waals surface area contributed by atoms with Gasteiger partial charge in [0.15, 0.2) is 0 Å². The Hall–Kier alpha value is -0.370. The summed E-state index contributed by atoms with van der Waals surface area (Å²) >= 11 is 0. The van der Waals surface area contributed by atoms with E-state index in [-0.39, 0.29) is 0 Å². The zero-order valence-electron chi connectivity index (χ0n) is 11.1. The van der Waals surface area contributed by atoms with Crippen LogP contribution in [-0.4, -0.2) is 12.3 Å². The molecule has 0 fully saturated rings. The van der Waals surface area contributed by atoms with Crippen molar-refractivity contribution in [3.63, 3.8) is 0 Å². The lowest BCUT2D eigenvalue weighted by molar-refractivity contribution is -0.119. The smallest absolute Gasteiger partial charge is 0.132 e. The number of ketones is 1. The van der Waals surface area contributed by atoms with Crippen LogP contribution < -0.4 is 5.73 Å². The topological polar surface area (TPSA) is 43.1 Å². The third-order valence-corrected chi connectivity index (χ3v) is 3.13. The van der Waals surface area contributed by atoms with Crippen molar-refractivity contribution in [2.24, 2.45) is 11.7 Å². The summed E-state index contributed by atoms with van der Waals surface area (Å²) in [5, 5.41) is 0. The number of Topliss-reactive ketones (excluding diaryl/α,β-unsaturated/α-hetero) is 1. The van der Waals surface area contributed by atoms with Gasteiger partial charge in [-0.1, -0.05) is 46.0 Å². The molecule has 0 aromatic heterocycles. The van der Waals surface area contributed by atoms with Crippen LogP contribution in [0.25, 0.3) is 0 Å². The SMILES string of the molecule is CCCCCCCCC(=O)CCC(C)CN. The Balaban J connectivity index is 3.24. The Kier molecular flexibility index (Phi) is 10.9. The lowest BCUT2D eigenvalue weighted by Crippen LogP contribution is -2.12. The average molecular weight is 227 g/mol. The monoisotopic (exact) mass is 227 g/mol. The first-order chi connectivity index (χ1) is 7.70. The molecule has 16 heavy (non-hydrogen) atoms. The van der Waals surface area contributed by atoms with Crippen LogP contribution in [0, 0.1) is 5.92 Å². The molecule has 0 saturated heterocycles. The molecule has 0 saturated carbocycles. The van der Waals surface area contributed by atoms with Crippen molar-refractivity contribution in [3.05, 3.63) is 0 Å². The summed E-state index contributed by atoms with van der Waals surface area (Å²) in [6, 6.07) is 0. The molecule has 0 aromatic carbocycles. The quantitative estimate of drug-likeness (QED) is 0.547. The molecule has 2 nitrogen and oxygen atoms in total. The fraction of sp³-hybridized carbons (Fsp3) is 0.929. The first-order valence-corrected chi connectivity index (χ1v) is 6.92. The van der Waals surface area contributed by atoms with E-state index >= 15 is 0 Å². The van der Waals surface area contributed by atoms with E-state index in [2.05, 4.69) is 13.8 Å². The van der Waals surface area contributed by atoms with Crippen molar-refractivity contribution < 1.29 is 4.79 Å². The van der Waals surface area contributed by atoms with Crippen LogP contribution in [0.4, 0.5) is 0 Å². The molecular weight excluding hydrogens is 198 g/mol. The maximum Gasteiger partial charge on any atom is 0.132 e. The summed E-state index contributed by atoms with van der Waals surface area (Å²) < 4.78 is 0. The Morgan fingerprint density at radius 2 is 1.69 bits per heavy atom. The Labute approximate surface area is 101 Å². The first-order valence-electron chi connectivity index (χ1n) is 6.92. The van der Waals surface area contributed by atoms with Gasteiger partial charge in [-0.15, -0.1) is 0 Å². The molecular formula is C14H29NO. The molecule has 2 heteroatoms. The van der Waals surface area contributed by atoms with E-state index in [1.165, 1.54) is 32.1 Å². The fourth-order valence-electron chi connectivity index (χ4n) is 1.75. The summed E-state index contributed by atoms with van der Waals surface area (Å²) in [7, 11) is 0. The number of unbranched alkanes of at least 4 members (excludes halogenated alkanes) is 5. The molecule has 2 N–H and O–H groups in total. The average Bonchev–Trinajstić information content (AvgIpc) is 2.30. The predicted octanol–water partition coefficient (Wildman–Crippen LogP) is 3.68. The highest BCUT2D eigenvalue weighted by atomic mass is 16.1. The molecule has 0 aliphatic heterocycles. The van der Waals surface area contributed by atoms with Gasteiger partial charge >= 0.3 is 0 Å². The normalized spacial score (nSPS) is 12.7. The number of nitrogens with two attached hydrogens (primary N) is 1. The van der Waals surface area contributed by atoms with Gasteiger partial charge in [0.1, 0.15) is 5.78 Å². The Bertz CT molecular complexity index is 168. The zero-order valence-corrected chi connectivity index (χ0v) is 11.1. The number of hydrogen-bond donors (Lipinski definition) is 1. The van der Waals surface area contributed by atoms with Gasteiger partial charge < -0.3 is 5.73 Å². The van der Waals surface area contributed by atoms with Crippen molar-refractivity contribution in [2.45, 2.75) is 71.6 Å². The van der Waals surface area contributed by atoms with Crippen molar-refractivity contribution in [1.29, 1.82) is 0 Å². The fourth-order valence-corrected chi connectivity index (χ4v) is 1.75. The van der Waals surface area contributed by atoms with Crippen molar-refractivity contribution >= 4 is 5.78 Å². The summed E-state index contributed by atoms with van der Waals surface area (Å²) in [5.41, 5.74) is 5.52. The highest BCUT2D eigenvalue weighted by Gasteiger charge is 2.05. The van der Waals surface area contributed by atoms with Gasteiger partial charge in [-0.2, -0.15) is 0 Å². The predicted molar refractivity (Wildman–Crippen MR) is 70.5 cm³/mol. The minimum absolute atomic E-state index is 0.427. The molecule has 0 heterocycles. The highest BCUT2D eigenvalue weighted by Crippen LogP contribution is 2.10. The van der Waals surface area contributed by atoms with Crippen LogP contribution in [0.3, 0.4) is 0 Å². The van der Waals surface area contributed by atoms with Crippen molar-refractivity contribution in [3.8, 4) is 0 Å². The molecule has 0 radical (unpaired) electrons. The third-order valence-electron chi connectivity index (χ3n) is 3.13. The van der Waals surface area contributed by atoms with Crippen molar-refractivity contribution in [1.82, 2.24) is 0 Å². The van der Waals surface area contributed by atoms with E-state index in [1.54, 1.807) is 0 Å². The number of carbonyl (C=O) groups excluding carboxylic acids is 1. The molecule has 0 spiro atoms. The van der Waals surface area contributed by atoms with Gasteiger partial charge in [-0.3, -0.25) is 4.79 Å². The van der Waals surface area contributed by atoms with Gasteiger partial charge in [0.25, 0.3) is 0 Å². The first kappa shape index (κ1) is 15.6. The van der Waals surface area contributed by atoms with Gasteiger partial charge in [0.2, 0.25) is 0 Å². The van der Waals surface area contributed by atoms with Crippen LogP contribution in [0.2, 0.25) is 0 Å². The lowest BCUT2D eigenvalue weighted by Gasteiger charge is -2.06. The maximum absolute atomic E-state index is 11.5. The third kappa shape index (κ3) is 10.2. The van der Waals surface area contributed by atoms with Crippen LogP contribution in [0.15, 0.2) is 0 Å². The van der Waals surface area contributed by atoms with E-state index in [4.69, 9.17) is 5.73 Å². The molecule has 0 amide bonds. The summed E-state index contributed by atoms with van der Waals surface area (Å²) in [6.07, 6.45) is 10.0. The standard InChI is InChI=1S/C14H29NO/c1-3-4-5-6-7-8-9-14(16)11-10-13(2)12-15/h13H,3-12,15H2,1-2H3. The zero-order chi connectivity index (χ0) is 12.2. The minimum atomic E-state index is 0.427. The number of carbonyl (C=O) groups is 1. The molecule has 0 aliphatic carbocycles. The highest BCUT2D eigenvalue weighted by molar-refractivity contribution is 5.78. The molecule has 0 aromatic rings. The van der Waals surface area contributed by atoms with Crippen molar-refractivity contribution in [2.75, 3.05) is 6.54 Å². The van der Waals surface area contributed by atoms with Crippen LogP contribution >= 0.6 is 0 Å². The van der Waals surface area contributed by atoms with E-state index in [0.29, 0.717) is 18.2 Å². The van der Waals surface area contributed by atoms with Crippen LogP contribution in [0.1, 0.15) is 71.6 Å². The Morgan fingerprint density at radius 1 is 1.06 bits per heavy atom. The summed E-state index contributed by atoms with van der Waals surface area (Å²) in [6.45, 7) is 5.03. The number of rotatable bonds is 11. The molecule has 0 aliphatic rings. The van der Waals surface area contributed by atoms with E-state index in [0.717, 1.165) is 25.7 Å². The van der Waals surface area contributed by atoms with Gasteiger partial charge in [-0.05, 0) is 25.3 Å². The summed E-state index contributed by atoms with van der Waals surface area (Å²) in [5.74, 6) is 0.921. The summed E-state index contributed by atoms with van der Waals surface area (Å²) in [4.78, 5) is 11.5. The Morgan fingerprint density at radius 3 is 2.31 bits per heavy atom. The van der Waals surface area contributed by atoms with Gasteiger partial charge in [-0.25, -0.2) is 0 Å². The minimum Gasteiger partial charge on any atom is -0.330 e. The molecule has 96 valence electrons.